The van der Waals surface area contributed by atoms with E-state index in [1.54, 1.807) is 31.2 Å². The lowest BCUT2D eigenvalue weighted by Crippen LogP contribution is -2.08. The van der Waals surface area contributed by atoms with E-state index in [2.05, 4.69) is 10.3 Å². The number of halogens is 1. The number of hydrogen-bond donors (Lipinski definition) is 1. The predicted octanol–water partition coefficient (Wildman–Crippen LogP) is 3.30. The molecule has 0 bridgehead atoms. The molecule has 0 aliphatic rings. The van der Waals surface area contributed by atoms with Gasteiger partial charge in [-0.25, -0.2) is 4.39 Å². The second-order valence-corrected chi connectivity index (χ2v) is 4.05. The Balaban J connectivity index is 2.13. The molecular formula is C13H12FN3O2. The van der Waals surface area contributed by atoms with Crippen LogP contribution in [-0.4, -0.2) is 9.91 Å². The molecule has 1 unspecified atom stereocenters. The molecule has 0 radical (unpaired) electrons. The van der Waals surface area contributed by atoms with Crippen molar-refractivity contribution in [2.24, 2.45) is 0 Å². The monoisotopic (exact) mass is 261 g/mol. The highest BCUT2D eigenvalue weighted by atomic mass is 19.1. The van der Waals surface area contributed by atoms with Crippen LogP contribution in [0.1, 0.15) is 18.5 Å². The first-order valence-electron chi connectivity index (χ1n) is 5.69. The van der Waals surface area contributed by atoms with Crippen LogP contribution in [0.4, 0.5) is 15.9 Å². The van der Waals surface area contributed by atoms with Crippen LogP contribution in [0.3, 0.4) is 0 Å². The Kier molecular flexibility index (Phi) is 3.70. The molecule has 2 rings (SSSR count). The lowest BCUT2D eigenvalue weighted by atomic mass is 10.1. The van der Waals surface area contributed by atoms with Gasteiger partial charge >= 0.3 is 5.82 Å². The van der Waals surface area contributed by atoms with Crippen LogP contribution in [0, 0.1) is 15.9 Å². The zero-order chi connectivity index (χ0) is 13.8. The van der Waals surface area contributed by atoms with E-state index >= 15 is 0 Å². The van der Waals surface area contributed by atoms with Crippen LogP contribution < -0.4 is 5.32 Å². The van der Waals surface area contributed by atoms with Crippen molar-refractivity contribution in [3.05, 3.63) is 64.1 Å². The number of nitro groups is 1. The zero-order valence-corrected chi connectivity index (χ0v) is 10.2. The van der Waals surface area contributed by atoms with Gasteiger partial charge in [0.1, 0.15) is 5.82 Å². The average molecular weight is 261 g/mol. The van der Waals surface area contributed by atoms with Gasteiger partial charge in [0.2, 0.25) is 0 Å². The lowest BCUT2D eigenvalue weighted by Gasteiger charge is -2.15. The lowest BCUT2D eigenvalue weighted by molar-refractivity contribution is -0.389. The number of nitrogens with zero attached hydrogens (tertiary/aromatic N) is 2. The summed E-state index contributed by atoms with van der Waals surface area (Å²) in [6, 6.07) is 9.04. The Bertz CT molecular complexity index is 587. The molecule has 0 aliphatic carbocycles. The van der Waals surface area contributed by atoms with Crippen LogP contribution >= 0.6 is 0 Å². The summed E-state index contributed by atoms with van der Waals surface area (Å²) in [5, 5.41) is 13.5. The minimum absolute atomic E-state index is 0.218. The molecule has 0 saturated carbocycles. The summed E-state index contributed by atoms with van der Waals surface area (Å²) in [5.74, 6) is -0.513. The second kappa shape index (κ2) is 5.43. The van der Waals surface area contributed by atoms with Gasteiger partial charge < -0.3 is 15.4 Å². The summed E-state index contributed by atoms with van der Waals surface area (Å²) < 4.78 is 13.6. The van der Waals surface area contributed by atoms with Gasteiger partial charge in [-0.3, -0.25) is 0 Å². The van der Waals surface area contributed by atoms with Crippen LogP contribution in [0.15, 0.2) is 42.6 Å². The van der Waals surface area contributed by atoms with E-state index in [0.717, 1.165) is 0 Å². The average Bonchev–Trinajstić information content (AvgIpc) is 2.39. The fourth-order valence-corrected chi connectivity index (χ4v) is 1.73. The van der Waals surface area contributed by atoms with Crippen molar-refractivity contribution in [2.75, 3.05) is 5.32 Å². The van der Waals surface area contributed by atoms with Crippen molar-refractivity contribution >= 4 is 11.5 Å². The molecule has 2 aromatic rings. The molecule has 1 aromatic carbocycles. The molecule has 0 fully saturated rings. The molecule has 98 valence electrons. The van der Waals surface area contributed by atoms with Crippen molar-refractivity contribution in [2.45, 2.75) is 13.0 Å². The highest BCUT2D eigenvalue weighted by Gasteiger charge is 2.12. The predicted molar refractivity (Wildman–Crippen MR) is 69.3 cm³/mol. The minimum atomic E-state index is -0.565. The quantitative estimate of drug-likeness (QED) is 0.677. The third-order valence-electron chi connectivity index (χ3n) is 2.69. The third-order valence-corrected chi connectivity index (χ3v) is 2.69. The highest BCUT2D eigenvalue weighted by Crippen LogP contribution is 2.21. The Hall–Kier alpha value is -2.50. The normalized spacial score (nSPS) is 11.9. The Labute approximate surface area is 109 Å². The summed E-state index contributed by atoms with van der Waals surface area (Å²) in [7, 11) is 0. The van der Waals surface area contributed by atoms with Gasteiger partial charge in [-0.15, -0.1) is 0 Å². The first-order chi connectivity index (χ1) is 9.08. The van der Waals surface area contributed by atoms with Gasteiger partial charge in [-0.2, -0.15) is 0 Å². The molecule has 19 heavy (non-hydrogen) atoms. The van der Waals surface area contributed by atoms with Crippen molar-refractivity contribution in [1.29, 1.82) is 0 Å². The van der Waals surface area contributed by atoms with E-state index in [-0.39, 0.29) is 17.7 Å². The largest absolute Gasteiger partial charge is 0.375 e. The van der Waals surface area contributed by atoms with E-state index in [9.17, 15) is 14.5 Å². The fourth-order valence-electron chi connectivity index (χ4n) is 1.73. The smallest absolute Gasteiger partial charge is 0.363 e. The maximum Gasteiger partial charge on any atom is 0.363 e. The summed E-state index contributed by atoms with van der Waals surface area (Å²) in [6.45, 7) is 1.81. The molecule has 1 atom stereocenters. The molecule has 0 spiro atoms. The first kappa shape index (κ1) is 12.9. The van der Waals surface area contributed by atoms with Gasteiger partial charge in [0, 0.05) is 11.6 Å². The topological polar surface area (TPSA) is 68.1 Å². The highest BCUT2D eigenvalue weighted by molar-refractivity contribution is 5.45. The SMILES string of the molecule is CC(Nc1ccc([N+](=O)[O-])nc1)c1ccccc1F. The summed E-state index contributed by atoms with van der Waals surface area (Å²) in [6.07, 6.45) is 1.36. The van der Waals surface area contributed by atoms with Crippen molar-refractivity contribution in [3.8, 4) is 0 Å². The van der Waals surface area contributed by atoms with Crippen LogP contribution in [0.2, 0.25) is 0 Å². The molecule has 0 saturated heterocycles. The molecule has 1 heterocycles. The summed E-state index contributed by atoms with van der Waals surface area (Å²) >= 11 is 0. The molecule has 0 amide bonds. The van der Waals surface area contributed by atoms with Gasteiger partial charge in [-0.05, 0) is 29.0 Å². The van der Waals surface area contributed by atoms with Crippen LogP contribution in [0.5, 0.6) is 0 Å². The number of anilines is 1. The van der Waals surface area contributed by atoms with Crippen LogP contribution in [0.25, 0.3) is 0 Å². The van der Waals surface area contributed by atoms with E-state index < -0.39 is 4.92 Å². The van der Waals surface area contributed by atoms with Gasteiger partial charge in [0.15, 0.2) is 6.20 Å². The maximum atomic E-state index is 13.6. The second-order valence-electron chi connectivity index (χ2n) is 4.05. The van der Waals surface area contributed by atoms with E-state index in [4.69, 9.17) is 0 Å². The molecular weight excluding hydrogens is 249 g/mol. The van der Waals surface area contributed by atoms with E-state index in [1.165, 1.54) is 18.3 Å². The number of hydrogen-bond acceptors (Lipinski definition) is 4. The standard InChI is InChI=1S/C13H12FN3O2/c1-9(11-4-2-3-5-12(11)14)16-10-6-7-13(15-8-10)17(18)19/h2-9,16H,1H3. The Morgan fingerprint density at radius 3 is 2.63 bits per heavy atom. The first-order valence-corrected chi connectivity index (χ1v) is 5.69. The molecule has 6 heteroatoms. The Morgan fingerprint density at radius 1 is 1.32 bits per heavy atom. The van der Waals surface area contributed by atoms with Gasteiger partial charge in [0.25, 0.3) is 0 Å². The number of nitrogens with one attached hydrogen (secondary N) is 1. The van der Waals surface area contributed by atoms with E-state index in [0.29, 0.717) is 11.3 Å². The fraction of sp³-hybridized carbons (Fsp3) is 0.154. The molecule has 1 N–H and O–H groups in total. The van der Waals surface area contributed by atoms with Crippen molar-refractivity contribution in [1.82, 2.24) is 4.98 Å². The number of pyridine rings is 1. The Morgan fingerprint density at radius 2 is 2.05 bits per heavy atom. The number of rotatable bonds is 4. The van der Waals surface area contributed by atoms with Crippen molar-refractivity contribution in [3.63, 3.8) is 0 Å². The van der Waals surface area contributed by atoms with Crippen LogP contribution in [-0.2, 0) is 0 Å². The third kappa shape index (κ3) is 3.04. The van der Waals surface area contributed by atoms with Crippen molar-refractivity contribution < 1.29 is 9.31 Å². The van der Waals surface area contributed by atoms with E-state index in [1.807, 2.05) is 0 Å². The summed E-state index contributed by atoms with van der Waals surface area (Å²) in [5.41, 5.74) is 1.13. The number of benzene rings is 1. The number of aromatic nitrogens is 1. The molecule has 5 nitrogen and oxygen atoms in total. The summed E-state index contributed by atoms with van der Waals surface area (Å²) in [4.78, 5) is 13.6. The minimum Gasteiger partial charge on any atom is -0.375 e. The van der Waals surface area contributed by atoms with Gasteiger partial charge in [0.05, 0.1) is 11.7 Å². The van der Waals surface area contributed by atoms with Gasteiger partial charge in [-0.1, -0.05) is 18.2 Å². The maximum absolute atomic E-state index is 13.6. The zero-order valence-electron chi connectivity index (χ0n) is 10.2. The molecule has 0 aliphatic heterocycles. The molecule has 1 aromatic heterocycles.